The molecule has 1 aliphatic carbocycles. The van der Waals surface area contributed by atoms with Crippen LogP contribution in [0.4, 0.5) is 20.6 Å². The molecule has 0 radical (unpaired) electrons. The Morgan fingerprint density at radius 3 is 2.38 bits per heavy atom. The number of urea groups is 1. The average Bonchev–Trinajstić information content (AvgIpc) is 3.57. The summed E-state index contributed by atoms with van der Waals surface area (Å²) in [5, 5.41) is 14.3. The molecule has 0 atom stereocenters. The number of carbonyl (C=O) groups is 2. The summed E-state index contributed by atoms with van der Waals surface area (Å²) >= 11 is 0. The van der Waals surface area contributed by atoms with Crippen LogP contribution < -0.4 is 15.4 Å². The van der Waals surface area contributed by atoms with Crippen LogP contribution in [-0.2, 0) is 4.79 Å². The van der Waals surface area contributed by atoms with Gasteiger partial charge in [-0.1, -0.05) is 18.2 Å². The van der Waals surface area contributed by atoms with E-state index in [2.05, 4.69) is 20.6 Å². The third kappa shape index (κ3) is 4.83. The zero-order valence-electron chi connectivity index (χ0n) is 17.3. The van der Waals surface area contributed by atoms with Crippen LogP contribution in [0.5, 0.6) is 6.01 Å². The Labute approximate surface area is 183 Å². The standard InChI is InChI=1S/C23H21FN4O4/c1-14-2-7-18(24)19(10-14)28-21(31)27-17-5-3-15(4-6-17)16-11-25-22(26-12-16)32-13-23(8-9-23)20(29)30/h2-7,10-12H,8-9,13H2,1H3,(H,29,30)(H2,27,28,31). The van der Waals surface area contributed by atoms with Crippen LogP contribution in [-0.4, -0.2) is 33.7 Å². The van der Waals surface area contributed by atoms with Gasteiger partial charge in [0.15, 0.2) is 0 Å². The van der Waals surface area contributed by atoms with Crippen LogP contribution in [0.2, 0.25) is 0 Å². The third-order valence-electron chi connectivity index (χ3n) is 5.26. The van der Waals surface area contributed by atoms with Crippen molar-refractivity contribution in [2.24, 2.45) is 5.41 Å². The van der Waals surface area contributed by atoms with Crippen molar-refractivity contribution in [2.45, 2.75) is 19.8 Å². The first-order valence-corrected chi connectivity index (χ1v) is 9.97. The molecule has 0 unspecified atom stereocenters. The largest absolute Gasteiger partial charge is 0.481 e. The highest BCUT2D eigenvalue weighted by Gasteiger charge is 2.51. The molecule has 1 aromatic heterocycles. The van der Waals surface area contributed by atoms with E-state index in [0.717, 1.165) is 16.7 Å². The molecule has 1 aliphatic rings. The van der Waals surface area contributed by atoms with Gasteiger partial charge in [-0.25, -0.2) is 19.2 Å². The second kappa shape index (κ2) is 8.62. The summed E-state index contributed by atoms with van der Waals surface area (Å²) in [5.74, 6) is -1.37. The van der Waals surface area contributed by atoms with Gasteiger partial charge in [-0.3, -0.25) is 4.79 Å². The highest BCUT2D eigenvalue weighted by molar-refractivity contribution is 6.00. The van der Waals surface area contributed by atoms with Gasteiger partial charge in [0, 0.05) is 23.6 Å². The first-order chi connectivity index (χ1) is 15.3. The summed E-state index contributed by atoms with van der Waals surface area (Å²) in [6.07, 6.45) is 4.36. The number of hydrogen-bond donors (Lipinski definition) is 3. The SMILES string of the molecule is Cc1ccc(F)c(NC(=O)Nc2ccc(-c3cnc(OCC4(C(=O)O)CC4)nc3)cc2)c1. The van der Waals surface area contributed by atoms with Crippen molar-refractivity contribution in [1.82, 2.24) is 9.97 Å². The zero-order valence-corrected chi connectivity index (χ0v) is 17.3. The van der Waals surface area contributed by atoms with E-state index in [1.165, 1.54) is 6.07 Å². The number of carbonyl (C=O) groups excluding carboxylic acids is 1. The molecule has 0 saturated heterocycles. The highest BCUT2D eigenvalue weighted by Crippen LogP contribution is 2.45. The summed E-state index contributed by atoms with van der Waals surface area (Å²) < 4.78 is 19.2. The number of anilines is 2. The van der Waals surface area contributed by atoms with Gasteiger partial charge in [0.2, 0.25) is 0 Å². The van der Waals surface area contributed by atoms with Gasteiger partial charge < -0.3 is 20.5 Å². The molecule has 0 aliphatic heterocycles. The fourth-order valence-corrected chi connectivity index (χ4v) is 3.08. The van der Waals surface area contributed by atoms with Gasteiger partial charge >= 0.3 is 18.0 Å². The number of aliphatic carboxylic acids is 1. The minimum atomic E-state index is -0.861. The molecule has 32 heavy (non-hydrogen) atoms. The van der Waals surface area contributed by atoms with Crippen LogP contribution in [0.1, 0.15) is 18.4 Å². The van der Waals surface area contributed by atoms with Crippen LogP contribution in [0.15, 0.2) is 54.9 Å². The van der Waals surface area contributed by atoms with E-state index in [1.807, 2.05) is 6.92 Å². The number of halogens is 1. The minimum Gasteiger partial charge on any atom is -0.481 e. The quantitative estimate of drug-likeness (QED) is 0.503. The molecule has 2 aromatic carbocycles. The number of ether oxygens (including phenoxy) is 1. The third-order valence-corrected chi connectivity index (χ3v) is 5.26. The maximum Gasteiger partial charge on any atom is 0.323 e. The highest BCUT2D eigenvalue weighted by atomic mass is 19.1. The van der Waals surface area contributed by atoms with Crippen LogP contribution in [0.25, 0.3) is 11.1 Å². The summed E-state index contributed by atoms with van der Waals surface area (Å²) in [4.78, 5) is 31.6. The van der Waals surface area contributed by atoms with E-state index in [0.29, 0.717) is 18.5 Å². The first kappa shape index (κ1) is 21.2. The van der Waals surface area contributed by atoms with Crippen LogP contribution in [0, 0.1) is 18.2 Å². The van der Waals surface area contributed by atoms with E-state index < -0.39 is 23.2 Å². The molecule has 164 valence electrons. The number of aromatic nitrogens is 2. The molecule has 1 saturated carbocycles. The van der Waals surface area contributed by atoms with Crippen molar-refractivity contribution >= 4 is 23.4 Å². The second-order valence-corrected chi connectivity index (χ2v) is 7.77. The van der Waals surface area contributed by atoms with E-state index in [-0.39, 0.29) is 18.3 Å². The number of nitrogens with zero attached hydrogens (tertiary/aromatic N) is 2. The molecule has 2 amide bonds. The van der Waals surface area contributed by atoms with Gasteiger partial charge in [0.05, 0.1) is 5.69 Å². The average molecular weight is 436 g/mol. The van der Waals surface area contributed by atoms with E-state index in [9.17, 15) is 19.1 Å². The lowest BCUT2D eigenvalue weighted by Crippen LogP contribution is -2.23. The predicted molar refractivity (Wildman–Crippen MR) is 116 cm³/mol. The molecular weight excluding hydrogens is 415 g/mol. The number of benzene rings is 2. The van der Waals surface area contributed by atoms with E-state index in [1.54, 1.807) is 48.8 Å². The van der Waals surface area contributed by atoms with Gasteiger partial charge in [-0.2, -0.15) is 0 Å². The molecule has 0 spiro atoms. The molecule has 0 bridgehead atoms. The molecular formula is C23H21FN4O4. The Kier molecular flexibility index (Phi) is 5.72. The predicted octanol–water partition coefficient (Wildman–Crippen LogP) is 4.48. The van der Waals surface area contributed by atoms with Crippen molar-refractivity contribution in [3.05, 3.63) is 66.2 Å². The zero-order chi connectivity index (χ0) is 22.7. The van der Waals surface area contributed by atoms with Crippen LogP contribution >= 0.6 is 0 Å². The lowest BCUT2D eigenvalue weighted by atomic mass is 10.1. The summed E-state index contributed by atoms with van der Waals surface area (Å²) in [7, 11) is 0. The van der Waals surface area contributed by atoms with Crippen molar-refractivity contribution < 1.29 is 23.8 Å². The van der Waals surface area contributed by atoms with E-state index in [4.69, 9.17) is 4.74 Å². The number of hydrogen-bond acceptors (Lipinski definition) is 5. The molecule has 1 fully saturated rings. The first-order valence-electron chi connectivity index (χ1n) is 9.97. The Bertz CT molecular complexity index is 1150. The smallest absolute Gasteiger partial charge is 0.323 e. The monoisotopic (exact) mass is 436 g/mol. The Morgan fingerprint density at radius 1 is 1.06 bits per heavy atom. The molecule has 3 N–H and O–H groups in total. The number of carboxylic acids is 1. The normalized spacial score (nSPS) is 13.8. The van der Waals surface area contributed by atoms with Crippen molar-refractivity contribution in [3.63, 3.8) is 0 Å². The van der Waals surface area contributed by atoms with Crippen LogP contribution in [0.3, 0.4) is 0 Å². The maximum absolute atomic E-state index is 13.8. The fraction of sp³-hybridized carbons (Fsp3) is 0.217. The second-order valence-electron chi connectivity index (χ2n) is 7.77. The molecule has 4 rings (SSSR count). The Hall–Kier alpha value is -4.01. The molecule has 8 nitrogen and oxygen atoms in total. The Morgan fingerprint density at radius 2 is 1.75 bits per heavy atom. The molecule has 1 heterocycles. The Balaban J connectivity index is 1.34. The summed E-state index contributed by atoms with van der Waals surface area (Å²) in [6, 6.07) is 11.0. The lowest BCUT2D eigenvalue weighted by Gasteiger charge is -2.11. The van der Waals surface area contributed by atoms with Gasteiger partial charge in [-0.15, -0.1) is 0 Å². The maximum atomic E-state index is 13.8. The molecule has 9 heteroatoms. The van der Waals surface area contributed by atoms with Gasteiger partial charge in [-0.05, 0) is 55.2 Å². The number of carboxylic acid groups (broad SMARTS) is 1. The molecule has 3 aromatic rings. The minimum absolute atomic E-state index is 0.0521. The van der Waals surface area contributed by atoms with Crippen molar-refractivity contribution in [3.8, 4) is 17.1 Å². The lowest BCUT2D eigenvalue weighted by molar-refractivity contribution is -0.144. The van der Waals surface area contributed by atoms with E-state index >= 15 is 0 Å². The van der Waals surface area contributed by atoms with Gasteiger partial charge in [0.1, 0.15) is 17.8 Å². The number of rotatable bonds is 7. The number of amides is 2. The summed E-state index contributed by atoms with van der Waals surface area (Å²) in [6.45, 7) is 1.86. The number of nitrogens with one attached hydrogen (secondary N) is 2. The van der Waals surface area contributed by atoms with Gasteiger partial charge in [0.25, 0.3) is 0 Å². The topological polar surface area (TPSA) is 113 Å². The number of aryl methyl sites for hydroxylation is 1. The summed E-state index contributed by atoms with van der Waals surface area (Å²) in [5.41, 5.74) is 2.21. The van der Waals surface area contributed by atoms with Crippen molar-refractivity contribution in [2.75, 3.05) is 17.2 Å². The van der Waals surface area contributed by atoms with Crippen molar-refractivity contribution in [1.29, 1.82) is 0 Å². The fourth-order valence-electron chi connectivity index (χ4n) is 3.08.